The van der Waals surface area contributed by atoms with Crippen LogP contribution >= 0.6 is 0 Å². The van der Waals surface area contributed by atoms with E-state index in [9.17, 15) is 9.90 Å². The van der Waals surface area contributed by atoms with Crippen molar-refractivity contribution >= 4 is 11.6 Å². The molecule has 0 heterocycles. The maximum Gasteiger partial charge on any atom is 0.247 e. The summed E-state index contributed by atoms with van der Waals surface area (Å²) in [6, 6.07) is 3.77. The van der Waals surface area contributed by atoms with E-state index in [1.807, 2.05) is 12.1 Å². The molecule has 0 spiro atoms. The van der Waals surface area contributed by atoms with Gasteiger partial charge in [-0.2, -0.15) is 0 Å². The number of rotatable bonds is 6. The maximum absolute atomic E-state index is 11.8. The Hall–Kier alpha value is -1.77. The summed E-state index contributed by atoms with van der Waals surface area (Å²) in [5.41, 5.74) is 1.98. The summed E-state index contributed by atoms with van der Waals surface area (Å²) in [6.45, 7) is 20.6. The number of carbonyl (C=O) groups is 1. The Morgan fingerprint density at radius 3 is 1.71 bits per heavy atom. The predicted octanol–water partition coefficient (Wildman–Crippen LogP) is 5.38. The first-order valence-corrected chi connectivity index (χ1v) is 8.67. The second-order valence-corrected chi connectivity index (χ2v) is 8.37. The smallest absolute Gasteiger partial charge is 0.247 e. The molecule has 3 heteroatoms. The first-order valence-electron chi connectivity index (χ1n) is 8.67. The lowest BCUT2D eigenvalue weighted by Crippen LogP contribution is -2.29. The number of phenols is 1. The standard InChI is InChI=1S/C21H33NO2/c1-10-18(23)22-15-11-16(20(6,7)13(2)3)19(24)17(12-15)21(8,9)14(4)5/h10-14,24H,1H2,2-9H3,(H,22,23). The van der Waals surface area contributed by atoms with Crippen LogP contribution < -0.4 is 5.32 Å². The highest BCUT2D eigenvalue weighted by atomic mass is 16.3. The molecule has 0 aromatic heterocycles. The molecule has 0 bridgehead atoms. The van der Waals surface area contributed by atoms with Crippen LogP contribution in [0.4, 0.5) is 5.69 Å². The zero-order valence-corrected chi connectivity index (χ0v) is 16.4. The molecular formula is C21H33NO2. The molecule has 3 nitrogen and oxygen atoms in total. The highest BCUT2D eigenvalue weighted by Crippen LogP contribution is 2.45. The quantitative estimate of drug-likeness (QED) is 0.543. The SMILES string of the molecule is C=CC(=O)Nc1cc(C(C)(C)C(C)C)c(O)c(C(C)(C)C(C)C)c1. The number of anilines is 1. The average Bonchev–Trinajstić information content (AvgIpc) is 2.47. The van der Waals surface area contributed by atoms with Gasteiger partial charge in [0, 0.05) is 16.8 Å². The molecule has 134 valence electrons. The van der Waals surface area contributed by atoms with Crippen molar-refractivity contribution in [1.82, 2.24) is 0 Å². The van der Waals surface area contributed by atoms with Crippen molar-refractivity contribution in [3.8, 4) is 5.75 Å². The zero-order chi connectivity index (χ0) is 18.9. The van der Waals surface area contributed by atoms with E-state index in [1.165, 1.54) is 6.08 Å². The summed E-state index contributed by atoms with van der Waals surface area (Å²) < 4.78 is 0. The van der Waals surface area contributed by atoms with Crippen molar-refractivity contribution in [1.29, 1.82) is 0 Å². The molecule has 0 atom stereocenters. The Labute approximate surface area is 147 Å². The molecule has 1 amide bonds. The van der Waals surface area contributed by atoms with Crippen molar-refractivity contribution in [2.45, 2.75) is 66.2 Å². The van der Waals surface area contributed by atoms with Gasteiger partial charge in [0.1, 0.15) is 5.75 Å². The van der Waals surface area contributed by atoms with Gasteiger partial charge in [0.15, 0.2) is 0 Å². The van der Waals surface area contributed by atoms with Crippen molar-refractivity contribution in [3.05, 3.63) is 35.9 Å². The molecule has 1 aromatic carbocycles. The number of carbonyl (C=O) groups excluding carboxylic acids is 1. The fourth-order valence-electron chi connectivity index (χ4n) is 2.50. The van der Waals surface area contributed by atoms with Gasteiger partial charge >= 0.3 is 0 Å². The number of nitrogens with one attached hydrogen (secondary N) is 1. The van der Waals surface area contributed by atoms with E-state index in [0.29, 0.717) is 23.3 Å². The van der Waals surface area contributed by atoms with E-state index < -0.39 is 0 Å². The minimum absolute atomic E-state index is 0.221. The fourth-order valence-corrected chi connectivity index (χ4v) is 2.50. The van der Waals surface area contributed by atoms with Crippen LogP contribution in [-0.2, 0) is 15.6 Å². The summed E-state index contributed by atoms with van der Waals surface area (Å²) >= 11 is 0. The Morgan fingerprint density at radius 2 is 1.42 bits per heavy atom. The Balaban J connectivity index is 3.68. The Kier molecular flexibility index (Phi) is 5.91. The summed E-state index contributed by atoms with van der Waals surface area (Å²) in [5.74, 6) is 0.763. The molecule has 0 radical (unpaired) electrons. The Morgan fingerprint density at radius 1 is 1.04 bits per heavy atom. The number of benzene rings is 1. The molecule has 0 unspecified atom stereocenters. The van der Waals surface area contributed by atoms with Crippen molar-refractivity contribution in [2.75, 3.05) is 5.32 Å². The molecule has 0 saturated carbocycles. The van der Waals surface area contributed by atoms with Crippen LogP contribution in [0.5, 0.6) is 5.75 Å². The van der Waals surface area contributed by atoms with E-state index in [0.717, 1.165) is 11.1 Å². The number of phenolic OH excluding ortho intramolecular Hbond substituents is 1. The van der Waals surface area contributed by atoms with Crippen molar-refractivity contribution < 1.29 is 9.90 Å². The molecule has 0 aliphatic heterocycles. The molecule has 0 aliphatic carbocycles. The second kappa shape index (κ2) is 7.00. The normalized spacial score (nSPS) is 12.6. The van der Waals surface area contributed by atoms with Crippen LogP contribution in [-0.4, -0.2) is 11.0 Å². The molecule has 0 fully saturated rings. The maximum atomic E-state index is 11.8. The largest absolute Gasteiger partial charge is 0.507 e. The number of amides is 1. The zero-order valence-electron chi connectivity index (χ0n) is 16.4. The van der Waals surface area contributed by atoms with Crippen LogP contribution in [0.3, 0.4) is 0 Å². The topological polar surface area (TPSA) is 49.3 Å². The molecule has 1 aromatic rings. The minimum atomic E-state index is -0.248. The van der Waals surface area contributed by atoms with E-state index in [4.69, 9.17) is 0 Å². The van der Waals surface area contributed by atoms with Crippen LogP contribution in [0.2, 0.25) is 0 Å². The van der Waals surface area contributed by atoms with E-state index in [1.54, 1.807) is 0 Å². The van der Waals surface area contributed by atoms with E-state index in [-0.39, 0.29) is 16.7 Å². The molecule has 24 heavy (non-hydrogen) atoms. The third-order valence-electron chi connectivity index (χ3n) is 5.84. The summed E-state index contributed by atoms with van der Waals surface area (Å²) in [7, 11) is 0. The third kappa shape index (κ3) is 3.82. The second-order valence-electron chi connectivity index (χ2n) is 8.37. The van der Waals surface area contributed by atoms with Crippen LogP contribution in [0.25, 0.3) is 0 Å². The molecule has 2 N–H and O–H groups in total. The third-order valence-corrected chi connectivity index (χ3v) is 5.84. The number of hydrogen-bond donors (Lipinski definition) is 2. The fraction of sp³-hybridized carbons (Fsp3) is 0.571. The van der Waals surface area contributed by atoms with Crippen LogP contribution in [0.15, 0.2) is 24.8 Å². The van der Waals surface area contributed by atoms with Gasteiger partial charge in [-0.25, -0.2) is 0 Å². The van der Waals surface area contributed by atoms with Gasteiger partial charge < -0.3 is 10.4 Å². The lowest BCUT2D eigenvalue weighted by molar-refractivity contribution is -0.111. The molecular weight excluding hydrogens is 298 g/mol. The van der Waals surface area contributed by atoms with Gasteiger partial charge in [-0.05, 0) is 40.9 Å². The van der Waals surface area contributed by atoms with Gasteiger partial charge in [0.2, 0.25) is 5.91 Å². The van der Waals surface area contributed by atoms with Gasteiger partial charge in [0.25, 0.3) is 0 Å². The molecule has 1 rings (SSSR count). The lowest BCUT2D eigenvalue weighted by atomic mass is 9.69. The molecule has 0 aliphatic rings. The van der Waals surface area contributed by atoms with Crippen LogP contribution in [0, 0.1) is 11.8 Å². The highest BCUT2D eigenvalue weighted by Gasteiger charge is 2.34. The van der Waals surface area contributed by atoms with E-state index >= 15 is 0 Å². The van der Waals surface area contributed by atoms with E-state index in [2.05, 4.69) is 67.3 Å². The average molecular weight is 332 g/mol. The molecule has 0 saturated heterocycles. The van der Waals surface area contributed by atoms with Crippen molar-refractivity contribution in [2.24, 2.45) is 11.8 Å². The number of hydrogen-bond acceptors (Lipinski definition) is 2. The van der Waals surface area contributed by atoms with Crippen molar-refractivity contribution in [3.63, 3.8) is 0 Å². The van der Waals surface area contributed by atoms with Gasteiger partial charge in [-0.15, -0.1) is 0 Å². The predicted molar refractivity (Wildman–Crippen MR) is 103 cm³/mol. The summed E-state index contributed by atoms with van der Waals surface area (Å²) in [4.78, 5) is 11.8. The lowest BCUT2D eigenvalue weighted by Gasteiger charge is -2.36. The van der Waals surface area contributed by atoms with Crippen LogP contribution in [0.1, 0.15) is 66.5 Å². The number of aromatic hydroxyl groups is 1. The summed E-state index contributed by atoms with van der Waals surface area (Å²) in [5, 5.41) is 13.9. The Bertz CT molecular complexity index is 584. The minimum Gasteiger partial charge on any atom is -0.507 e. The first-order chi connectivity index (χ1) is 10.9. The van der Waals surface area contributed by atoms with Gasteiger partial charge in [-0.1, -0.05) is 62.0 Å². The van der Waals surface area contributed by atoms with Gasteiger partial charge in [0.05, 0.1) is 0 Å². The summed E-state index contributed by atoms with van der Waals surface area (Å²) in [6.07, 6.45) is 1.26. The highest BCUT2D eigenvalue weighted by molar-refractivity contribution is 5.99. The monoisotopic (exact) mass is 331 g/mol. The first kappa shape index (κ1) is 20.3. The van der Waals surface area contributed by atoms with Gasteiger partial charge in [-0.3, -0.25) is 4.79 Å².